The molecule has 4 aromatic rings. The first-order valence-electron chi connectivity index (χ1n) is 21.8. The van der Waals surface area contributed by atoms with E-state index in [2.05, 4.69) is 10.6 Å². The molecular formula is C50H55ClN4O9. The molecule has 0 aliphatic carbocycles. The molecule has 5 atom stereocenters. The number of amides is 3. The van der Waals surface area contributed by atoms with Crippen molar-refractivity contribution >= 4 is 52.5 Å². The number of nitrogens with zero attached hydrogens (tertiary/aromatic N) is 1. The molecule has 3 amide bonds. The van der Waals surface area contributed by atoms with Crippen LogP contribution < -0.4 is 16.4 Å². The topological polar surface area (TPSA) is 213 Å². The normalized spacial score (nSPS) is 19.2. The van der Waals surface area contributed by atoms with E-state index in [-0.39, 0.29) is 78.6 Å². The highest BCUT2D eigenvalue weighted by Gasteiger charge is 2.36. The van der Waals surface area contributed by atoms with Gasteiger partial charge in [0.15, 0.2) is 17.3 Å². The van der Waals surface area contributed by atoms with Crippen LogP contribution >= 0.6 is 11.6 Å². The molecule has 1 fully saturated rings. The first-order chi connectivity index (χ1) is 30.6. The van der Waals surface area contributed by atoms with Gasteiger partial charge in [-0.15, -0.1) is 0 Å². The van der Waals surface area contributed by atoms with Crippen molar-refractivity contribution in [1.29, 1.82) is 0 Å². The van der Waals surface area contributed by atoms with Crippen LogP contribution in [0.25, 0.3) is 22.3 Å². The Hall–Kier alpha value is -6.18. The van der Waals surface area contributed by atoms with Crippen LogP contribution in [0.1, 0.15) is 92.2 Å². The fourth-order valence-electron chi connectivity index (χ4n) is 8.54. The van der Waals surface area contributed by atoms with Crippen molar-refractivity contribution < 1.29 is 43.8 Å². The largest absolute Gasteiger partial charge is 0.507 e. The van der Waals surface area contributed by atoms with Gasteiger partial charge in [0.2, 0.25) is 17.7 Å². The van der Waals surface area contributed by atoms with Crippen molar-refractivity contribution in [1.82, 2.24) is 15.5 Å². The van der Waals surface area contributed by atoms with Gasteiger partial charge in [0.05, 0.1) is 6.04 Å². The van der Waals surface area contributed by atoms with Crippen LogP contribution in [-0.2, 0) is 35.2 Å². The van der Waals surface area contributed by atoms with Crippen molar-refractivity contribution in [3.05, 3.63) is 107 Å². The Balaban J connectivity index is 1.28. The monoisotopic (exact) mass is 890 g/mol. The number of ketones is 4. The Kier molecular flexibility index (Phi) is 15.9. The van der Waals surface area contributed by atoms with Gasteiger partial charge in [-0.2, -0.15) is 0 Å². The van der Waals surface area contributed by atoms with Crippen LogP contribution in [0.5, 0.6) is 11.5 Å². The molecular weight excluding hydrogens is 836 g/mol. The number of benzene rings is 4. The third-order valence-electron chi connectivity index (χ3n) is 12.3. The number of phenols is 2. The van der Waals surface area contributed by atoms with E-state index in [1.165, 1.54) is 36.2 Å². The number of aromatic hydroxyl groups is 2. The summed E-state index contributed by atoms with van der Waals surface area (Å²) in [7, 11) is 1.47. The van der Waals surface area contributed by atoms with E-state index in [1.54, 1.807) is 43.3 Å². The number of carbonyl (C=O) groups is 7. The molecule has 1 saturated heterocycles. The summed E-state index contributed by atoms with van der Waals surface area (Å²) < 4.78 is 0. The number of halogens is 1. The van der Waals surface area contributed by atoms with Crippen LogP contribution in [0, 0.1) is 17.8 Å². The lowest BCUT2D eigenvalue weighted by atomic mass is 9.87. The molecule has 14 heteroatoms. The second-order valence-corrected chi connectivity index (χ2v) is 17.4. The molecule has 6 rings (SSSR count). The van der Waals surface area contributed by atoms with Gasteiger partial charge in [-0.25, -0.2) is 0 Å². The molecule has 4 bridgehead atoms. The summed E-state index contributed by atoms with van der Waals surface area (Å²) >= 11 is 6.06. The van der Waals surface area contributed by atoms with E-state index in [0.717, 1.165) is 11.1 Å². The van der Waals surface area contributed by atoms with Gasteiger partial charge >= 0.3 is 0 Å². The highest BCUT2D eigenvalue weighted by Crippen LogP contribution is 2.40. The van der Waals surface area contributed by atoms with Crippen LogP contribution in [0.15, 0.2) is 84.9 Å². The van der Waals surface area contributed by atoms with Crippen LogP contribution in [0.3, 0.4) is 0 Å². The number of hydrogen-bond acceptors (Lipinski definition) is 10. The second kappa shape index (κ2) is 21.5. The maximum atomic E-state index is 14.7. The summed E-state index contributed by atoms with van der Waals surface area (Å²) in [6.45, 7) is 2.42. The lowest BCUT2D eigenvalue weighted by molar-refractivity contribution is -0.142. The van der Waals surface area contributed by atoms with E-state index in [9.17, 15) is 43.8 Å². The van der Waals surface area contributed by atoms with E-state index < -0.39 is 53.2 Å². The Morgan fingerprint density at radius 3 is 2.14 bits per heavy atom. The molecule has 13 nitrogen and oxygen atoms in total. The average molecular weight is 891 g/mol. The van der Waals surface area contributed by atoms with Crippen molar-refractivity contribution in [2.24, 2.45) is 23.5 Å². The number of carbonyl (C=O) groups excluding carboxylic acids is 7. The zero-order valence-corrected chi connectivity index (χ0v) is 36.9. The summed E-state index contributed by atoms with van der Waals surface area (Å²) in [6.07, 6.45) is 1.19. The molecule has 0 saturated carbocycles. The minimum Gasteiger partial charge on any atom is -0.507 e. The van der Waals surface area contributed by atoms with Crippen LogP contribution in [0.4, 0.5) is 0 Å². The molecule has 0 radical (unpaired) electrons. The Labute approximate surface area is 377 Å². The quantitative estimate of drug-likeness (QED) is 0.0594. The Bertz CT molecular complexity index is 2400. The number of unbranched alkanes of at least 4 members (excludes halogenated alkanes) is 1. The predicted molar refractivity (Wildman–Crippen MR) is 242 cm³/mol. The van der Waals surface area contributed by atoms with E-state index in [4.69, 9.17) is 17.3 Å². The zero-order valence-electron chi connectivity index (χ0n) is 36.1. The molecule has 2 aliphatic heterocycles. The maximum Gasteiger partial charge on any atom is 0.226 e. The molecule has 64 heavy (non-hydrogen) atoms. The minimum absolute atomic E-state index is 0.0155. The van der Waals surface area contributed by atoms with Crippen molar-refractivity contribution in [2.45, 2.75) is 83.2 Å². The molecule has 4 aromatic carbocycles. The molecule has 6 N–H and O–H groups in total. The Morgan fingerprint density at radius 2 is 1.48 bits per heavy atom. The molecule has 1 unspecified atom stereocenters. The molecule has 2 aliphatic rings. The SMILES string of the molecule is C[C@@H]1CC(=O)[C@@H](N(C)C(=O)[C@H](CCCCN)CC(=O)c2ccc(-c3ccc(Cl)cc3)cc2)c2ccc(O)c(c2)-c2cc(ccc2O)C[C@@H](C(=O)CCC(=O)CC2CCNC2=O)NC1=O. The van der Waals surface area contributed by atoms with E-state index in [0.29, 0.717) is 60.5 Å². The minimum atomic E-state index is -1.29. The van der Waals surface area contributed by atoms with Gasteiger partial charge < -0.3 is 31.5 Å². The van der Waals surface area contributed by atoms with Gasteiger partial charge in [0.25, 0.3) is 0 Å². The van der Waals surface area contributed by atoms with E-state index >= 15 is 0 Å². The van der Waals surface area contributed by atoms with Gasteiger partial charge in [-0.05, 0) is 90.9 Å². The number of Topliss-reactive ketones (excluding diaryl/α,β-unsaturated/α-hetero) is 4. The zero-order chi connectivity index (χ0) is 46.1. The summed E-state index contributed by atoms with van der Waals surface area (Å²) in [5.41, 5.74) is 9.20. The van der Waals surface area contributed by atoms with Crippen molar-refractivity contribution in [2.75, 3.05) is 20.1 Å². The molecule has 0 spiro atoms. The van der Waals surface area contributed by atoms with Gasteiger partial charge in [0, 0.05) is 85.2 Å². The predicted octanol–water partition coefficient (Wildman–Crippen LogP) is 6.68. The number of likely N-dealkylation sites (N-methyl/N-ethyl adjacent to an activating group) is 1. The van der Waals surface area contributed by atoms with Crippen LogP contribution in [0.2, 0.25) is 5.02 Å². The number of hydrogen-bond donors (Lipinski definition) is 5. The van der Waals surface area contributed by atoms with Crippen LogP contribution in [-0.4, -0.2) is 82.1 Å². The molecule has 2 heterocycles. The lowest BCUT2D eigenvalue weighted by Crippen LogP contribution is -2.46. The standard InChI is InChI=1S/C50H55ClN4O9/c1-29-23-46(61)47(55(2)50(64)36(5-3-4-21-52)28-45(60)33-9-7-31(8-10-33)32-11-14-37(51)15-12-32)34-13-18-43(58)40(27-34)39-24-30(6-17-42(39)57)25-41(54-48(29)62)44(59)19-16-38(56)26-35-20-22-53-49(35)63/h6-15,17-18,24,27,29,35-36,41,47,57-58H,3-5,16,19-23,25-26,28,52H2,1-2H3,(H,53,63)(H,54,62)/t29-,35?,36-,41+,47+/m1/s1. The number of rotatable bonds is 16. The van der Waals surface area contributed by atoms with Gasteiger partial charge in [-0.1, -0.05) is 73.5 Å². The third kappa shape index (κ3) is 11.7. The maximum absolute atomic E-state index is 14.7. The molecule has 336 valence electrons. The lowest BCUT2D eigenvalue weighted by Gasteiger charge is -2.32. The summed E-state index contributed by atoms with van der Waals surface area (Å²) in [4.78, 5) is 96.8. The van der Waals surface area contributed by atoms with Gasteiger partial charge in [0.1, 0.15) is 23.3 Å². The summed E-state index contributed by atoms with van der Waals surface area (Å²) in [6, 6.07) is 21.0. The Morgan fingerprint density at radius 1 is 0.828 bits per heavy atom. The fourth-order valence-corrected chi connectivity index (χ4v) is 8.67. The second-order valence-electron chi connectivity index (χ2n) is 17.0. The average Bonchev–Trinajstić information content (AvgIpc) is 3.68. The van der Waals surface area contributed by atoms with E-state index in [1.807, 2.05) is 24.3 Å². The highest BCUT2D eigenvalue weighted by molar-refractivity contribution is 6.30. The number of nitrogens with one attached hydrogen (secondary N) is 2. The van der Waals surface area contributed by atoms with Crippen molar-refractivity contribution in [3.63, 3.8) is 0 Å². The summed E-state index contributed by atoms with van der Waals surface area (Å²) in [5, 5.41) is 28.4. The number of phenolic OH excluding ortho intramolecular Hbond substituents is 2. The third-order valence-corrected chi connectivity index (χ3v) is 12.5. The van der Waals surface area contributed by atoms with Gasteiger partial charge in [-0.3, -0.25) is 33.6 Å². The smallest absolute Gasteiger partial charge is 0.226 e. The fraction of sp³-hybridized carbons (Fsp3) is 0.380. The first-order valence-corrected chi connectivity index (χ1v) is 22.2. The number of nitrogens with two attached hydrogens (primary N) is 1. The number of fused-ring (bicyclic) bond motifs is 5. The summed E-state index contributed by atoms with van der Waals surface area (Å²) in [5.74, 6) is -5.40. The highest BCUT2D eigenvalue weighted by atomic mass is 35.5. The van der Waals surface area contributed by atoms with Crippen molar-refractivity contribution in [3.8, 4) is 33.8 Å². The molecule has 0 aromatic heterocycles. The first kappa shape index (κ1) is 47.3.